The van der Waals surface area contributed by atoms with Crippen LogP contribution in [0.2, 0.25) is 0 Å². The van der Waals surface area contributed by atoms with Crippen molar-refractivity contribution in [1.82, 2.24) is 4.98 Å². The molecule has 0 saturated heterocycles. The first-order valence-electron chi connectivity index (χ1n) is 9.32. The predicted octanol–water partition coefficient (Wildman–Crippen LogP) is 4.20. The Morgan fingerprint density at radius 2 is 1.83 bits per heavy atom. The molecule has 1 saturated carbocycles. The van der Waals surface area contributed by atoms with E-state index in [4.69, 9.17) is 9.15 Å². The number of esters is 1. The summed E-state index contributed by atoms with van der Waals surface area (Å²) >= 11 is 0. The van der Waals surface area contributed by atoms with Gasteiger partial charge in [-0.2, -0.15) is 0 Å². The maximum atomic E-state index is 12.6. The van der Waals surface area contributed by atoms with Gasteiger partial charge in [0, 0.05) is 17.2 Å². The van der Waals surface area contributed by atoms with Gasteiger partial charge in [-0.25, -0.2) is 18.2 Å². The minimum atomic E-state index is -3.77. The highest BCUT2D eigenvalue weighted by molar-refractivity contribution is 7.92. The Kier molecular flexibility index (Phi) is 5.10. The third-order valence-electron chi connectivity index (χ3n) is 4.55. The van der Waals surface area contributed by atoms with E-state index < -0.39 is 16.0 Å². The second-order valence-corrected chi connectivity index (χ2v) is 8.45. The van der Waals surface area contributed by atoms with Crippen molar-refractivity contribution < 1.29 is 22.4 Å². The van der Waals surface area contributed by atoms with Gasteiger partial charge in [0.2, 0.25) is 0 Å². The van der Waals surface area contributed by atoms with Gasteiger partial charge in [-0.15, -0.1) is 0 Å². The normalized spacial score (nSPS) is 13.8. The summed E-state index contributed by atoms with van der Waals surface area (Å²) in [7, 11) is -3.77. The minimum Gasteiger partial charge on any atom is -0.462 e. The molecule has 1 fully saturated rings. The average molecular weight is 412 g/mol. The molecule has 8 heteroatoms. The Hall–Kier alpha value is -3.13. The Balaban J connectivity index is 1.47. The molecule has 0 atom stereocenters. The van der Waals surface area contributed by atoms with Crippen LogP contribution in [0.4, 0.5) is 5.69 Å². The van der Waals surface area contributed by atoms with E-state index in [0.29, 0.717) is 22.9 Å². The number of hydrogen-bond donors (Lipinski definition) is 1. The minimum absolute atomic E-state index is 0.123. The van der Waals surface area contributed by atoms with Gasteiger partial charge in [0.1, 0.15) is 0 Å². The fourth-order valence-corrected chi connectivity index (χ4v) is 3.90. The molecule has 4 rings (SSSR count). The van der Waals surface area contributed by atoms with Crippen LogP contribution in [0, 0.1) is 0 Å². The molecular formula is C21H20N2O5S. The lowest BCUT2D eigenvalue weighted by Crippen LogP contribution is -2.13. The number of oxazole rings is 1. The van der Waals surface area contributed by atoms with E-state index >= 15 is 0 Å². The van der Waals surface area contributed by atoms with Crippen LogP contribution in [0.3, 0.4) is 0 Å². The molecule has 0 bridgehead atoms. The summed E-state index contributed by atoms with van der Waals surface area (Å²) in [5.41, 5.74) is 1.48. The zero-order valence-corrected chi connectivity index (χ0v) is 16.6. The van der Waals surface area contributed by atoms with Crippen LogP contribution in [0.1, 0.15) is 41.9 Å². The van der Waals surface area contributed by atoms with Crippen LogP contribution in [0.5, 0.6) is 0 Å². The third-order valence-corrected chi connectivity index (χ3v) is 5.94. The lowest BCUT2D eigenvalue weighted by molar-refractivity contribution is 0.0526. The van der Waals surface area contributed by atoms with Gasteiger partial charge >= 0.3 is 5.97 Å². The van der Waals surface area contributed by atoms with Crippen molar-refractivity contribution in [3.8, 4) is 11.3 Å². The summed E-state index contributed by atoms with van der Waals surface area (Å²) in [5, 5.41) is 0. The molecular weight excluding hydrogens is 392 g/mol. The number of ether oxygens (including phenoxy) is 1. The van der Waals surface area contributed by atoms with E-state index in [-0.39, 0.29) is 11.5 Å². The number of anilines is 1. The molecule has 7 nitrogen and oxygen atoms in total. The molecule has 150 valence electrons. The summed E-state index contributed by atoms with van der Waals surface area (Å²) in [4.78, 5) is 16.1. The van der Waals surface area contributed by atoms with Gasteiger partial charge < -0.3 is 9.15 Å². The monoisotopic (exact) mass is 412 g/mol. The summed E-state index contributed by atoms with van der Waals surface area (Å²) in [6, 6.07) is 12.5. The number of carbonyl (C=O) groups is 1. The first-order valence-corrected chi connectivity index (χ1v) is 10.8. The SMILES string of the molecule is CCOC(=O)c1ccc(NS(=O)(=O)c2ccc(-c3cnc(C4CC4)o3)cc2)cc1. The van der Waals surface area contributed by atoms with Gasteiger partial charge in [0.25, 0.3) is 10.0 Å². The fourth-order valence-electron chi connectivity index (χ4n) is 2.84. The Morgan fingerprint density at radius 3 is 2.45 bits per heavy atom. The van der Waals surface area contributed by atoms with Crippen LogP contribution in [-0.4, -0.2) is 26.0 Å². The lowest BCUT2D eigenvalue weighted by Gasteiger charge is -2.09. The molecule has 0 aliphatic heterocycles. The average Bonchev–Trinajstić information content (AvgIpc) is 3.45. The van der Waals surface area contributed by atoms with E-state index in [0.717, 1.165) is 24.3 Å². The molecule has 1 N–H and O–H groups in total. The maximum Gasteiger partial charge on any atom is 0.338 e. The highest BCUT2D eigenvalue weighted by atomic mass is 32.2. The summed E-state index contributed by atoms with van der Waals surface area (Å²) in [5.74, 6) is 1.33. The number of aromatic nitrogens is 1. The van der Waals surface area contributed by atoms with Crippen molar-refractivity contribution in [3.05, 3.63) is 66.2 Å². The number of rotatable bonds is 7. The molecule has 1 aliphatic carbocycles. The molecule has 1 aliphatic rings. The molecule has 1 aromatic heterocycles. The Bertz CT molecular complexity index is 1110. The fraction of sp³-hybridized carbons (Fsp3) is 0.238. The maximum absolute atomic E-state index is 12.6. The standard InChI is InChI=1S/C21H20N2O5S/c1-2-27-21(24)16-5-9-17(10-6-16)23-29(25,26)18-11-7-14(8-12-18)19-13-22-20(28-19)15-3-4-15/h5-13,15,23H,2-4H2,1H3. The van der Waals surface area contributed by atoms with E-state index in [2.05, 4.69) is 9.71 Å². The van der Waals surface area contributed by atoms with E-state index in [1.54, 1.807) is 25.3 Å². The summed E-state index contributed by atoms with van der Waals surface area (Å²) in [6.07, 6.45) is 3.87. The summed E-state index contributed by atoms with van der Waals surface area (Å²) in [6.45, 7) is 2.00. The van der Waals surface area contributed by atoms with Crippen molar-refractivity contribution in [1.29, 1.82) is 0 Å². The number of nitrogens with one attached hydrogen (secondary N) is 1. The molecule has 0 spiro atoms. The van der Waals surface area contributed by atoms with Crippen molar-refractivity contribution in [3.63, 3.8) is 0 Å². The van der Waals surface area contributed by atoms with Gasteiger partial charge in [-0.05, 0) is 68.3 Å². The quantitative estimate of drug-likeness (QED) is 0.584. The highest BCUT2D eigenvalue weighted by Crippen LogP contribution is 2.40. The number of sulfonamides is 1. The smallest absolute Gasteiger partial charge is 0.338 e. The second-order valence-electron chi connectivity index (χ2n) is 6.76. The van der Waals surface area contributed by atoms with Crippen molar-refractivity contribution >= 4 is 21.7 Å². The largest absolute Gasteiger partial charge is 0.462 e. The van der Waals surface area contributed by atoms with Gasteiger partial charge in [0.05, 0.1) is 23.3 Å². The molecule has 0 radical (unpaired) electrons. The summed E-state index contributed by atoms with van der Waals surface area (Å²) < 4.78 is 38.4. The number of nitrogens with zero attached hydrogens (tertiary/aromatic N) is 1. The number of carbonyl (C=O) groups excluding carboxylic acids is 1. The number of hydrogen-bond acceptors (Lipinski definition) is 6. The highest BCUT2D eigenvalue weighted by Gasteiger charge is 2.28. The molecule has 0 unspecified atom stereocenters. The van der Waals surface area contributed by atoms with Crippen LogP contribution in [0.15, 0.2) is 64.0 Å². The molecule has 29 heavy (non-hydrogen) atoms. The number of benzene rings is 2. The van der Waals surface area contributed by atoms with Crippen LogP contribution >= 0.6 is 0 Å². The Morgan fingerprint density at radius 1 is 1.14 bits per heavy atom. The van der Waals surface area contributed by atoms with E-state index in [9.17, 15) is 13.2 Å². The van der Waals surface area contributed by atoms with Gasteiger partial charge in [-0.1, -0.05) is 0 Å². The Labute approximate surface area is 168 Å². The second kappa shape index (κ2) is 7.71. The van der Waals surface area contributed by atoms with Crippen molar-refractivity contribution in [2.75, 3.05) is 11.3 Å². The predicted molar refractivity (Wildman–Crippen MR) is 107 cm³/mol. The zero-order chi connectivity index (χ0) is 20.4. The first kappa shape index (κ1) is 19.2. The van der Waals surface area contributed by atoms with Crippen LogP contribution < -0.4 is 4.72 Å². The van der Waals surface area contributed by atoms with Crippen molar-refractivity contribution in [2.24, 2.45) is 0 Å². The first-order chi connectivity index (χ1) is 14.0. The molecule has 3 aromatic rings. The third kappa shape index (κ3) is 4.32. The van der Waals surface area contributed by atoms with Crippen LogP contribution in [-0.2, 0) is 14.8 Å². The van der Waals surface area contributed by atoms with Crippen molar-refractivity contribution in [2.45, 2.75) is 30.6 Å². The zero-order valence-electron chi connectivity index (χ0n) is 15.8. The van der Waals surface area contributed by atoms with Crippen LogP contribution in [0.25, 0.3) is 11.3 Å². The van der Waals surface area contributed by atoms with Gasteiger partial charge in [-0.3, -0.25) is 4.72 Å². The van der Waals surface area contributed by atoms with E-state index in [1.165, 1.54) is 36.4 Å². The van der Waals surface area contributed by atoms with Gasteiger partial charge in [0.15, 0.2) is 11.7 Å². The lowest BCUT2D eigenvalue weighted by atomic mass is 10.2. The molecule has 2 aromatic carbocycles. The molecule has 0 amide bonds. The molecule has 1 heterocycles. The van der Waals surface area contributed by atoms with E-state index in [1.807, 2.05) is 0 Å². The topological polar surface area (TPSA) is 98.5 Å².